The first-order valence-corrected chi connectivity index (χ1v) is 7.57. The molecule has 0 heterocycles. The molecule has 0 radical (unpaired) electrons. The van der Waals surface area contributed by atoms with Gasteiger partial charge in [-0.25, -0.2) is 0 Å². The molecular weight excluding hydrogens is 305 g/mol. The lowest BCUT2D eigenvalue weighted by Gasteiger charge is -2.10. The minimum absolute atomic E-state index is 0.0610. The molecule has 0 spiro atoms. The fourth-order valence-corrected chi connectivity index (χ4v) is 2.61. The summed E-state index contributed by atoms with van der Waals surface area (Å²) < 4.78 is 0. The number of nitrogens with one attached hydrogen (secondary N) is 1. The van der Waals surface area contributed by atoms with Crippen LogP contribution in [0.2, 0.25) is 10.0 Å². The van der Waals surface area contributed by atoms with Gasteiger partial charge >= 0.3 is 0 Å². The van der Waals surface area contributed by atoms with Crippen molar-refractivity contribution in [2.24, 2.45) is 0 Å². The van der Waals surface area contributed by atoms with Crippen LogP contribution in [0, 0.1) is 0 Å². The summed E-state index contributed by atoms with van der Waals surface area (Å²) in [4.78, 5) is 12.5. The van der Waals surface area contributed by atoms with Crippen LogP contribution in [-0.2, 0) is 12.8 Å². The van der Waals surface area contributed by atoms with E-state index in [0.29, 0.717) is 10.0 Å². The molecule has 0 fully saturated rings. The first-order valence-electron chi connectivity index (χ1n) is 6.82. The zero-order valence-electron chi connectivity index (χ0n) is 11.8. The van der Waals surface area contributed by atoms with Gasteiger partial charge in [0.1, 0.15) is 0 Å². The van der Waals surface area contributed by atoms with Crippen LogP contribution >= 0.6 is 23.2 Å². The largest absolute Gasteiger partial charge is 0.319 e. The van der Waals surface area contributed by atoms with Crippen molar-refractivity contribution in [1.29, 1.82) is 0 Å². The molecule has 0 saturated heterocycles. The summed E-state index contributed by atoms with van der Waals surface area (Å²) in [5.41, 5.74) is 2.57. The average Bonchev–Trinajstić information content (AvgIpc) is 2.50. The van der Waals surface area contributed by atoms with Crippen molar-refractivity contribution >= 4 is 29.0 Å². The van der Waals surface area contributed by atoms with E-state index in [1.807, 2.05) is 43.4 Å². The summed E-state index contributed by atoms with van der Waals surface area (Å²) in [6.07, 6.45) is 1.08. The molecular formula is C17H17Cl2NO. The summed E-state index contributed by atoms with van der Waals surface area (Å²) in [6, 6.07) is 13.1. The van der Waals surface area contributed by atoms with E-state index in [4.69, 9.17) is 23.2 Å². The molecule has 2 aromatic rings. The third-order valence-corrected chi connectivity index (χ3v) is 4.20. The second-order valence-corrected chi connectivity index (χ2v) is 5.61. The van der Waals surface area contributed by atoms with Crippen LogP contribution in [0.1, 0.15) is 21.5 Å². The maximum absolute atomic E-state index is 12.5. The lowest BCUT2D eigenvalue weighted by molar-refractivity contribution is 0.0992. The smallest absolute Gasteiger partial charge is 0.167 e. The van der Waals surface area contributed by atoms with Gasteiger partial charge in [0.05, 0.1) is 10.0 Å². The highest BCUT2D eigenvalue weighted by molar-refractivity contribution is 6.42. The monoisotopic (exact) mass is 321 g/mol. The topological polar surface area (TPSA) is 29.1 Å². The summed E-state index contributed by atoms with van der Waals surface area (Å²) in [5, 5.41) is 4.03. The number of hydrogen-bond acceptors (Lipinski definition) is 2. The van der Waals surface area contributed by atoms with Gasteiger partial charge in [0.2, 0.25) is 0 Å². The van der Waals surface area contributed by atoms with Crippen LogP contribution < -0.4 is 5.32 Å². The average molecular weight is 322 g/mol. The number of carbonyl (C=O) groups excluding carboxylic acids is 1. The third-order valence-electron chi connectivity index (χ3n) is 3.34. The second kappa shape index (κ2) is 7.60. The number of Topliss-reactive ketones (excluding diaryl/α,β-unsaturated/α-hetero) is 1. The van der Waals surface area contributed by atoms with E-state index < -0.39 is 0 Å². The zero-order valence-corrected chi connectivity index (χ0v) is 13.3. The van der Waals surface area contributed by atoms with Crippen molar-refractivity contribution < 1.29 is 4.79 Å². The number of hydrogen-bond donors (Lipinski definition) is 1. The van der Waals surface area contributed by atoms with E-state index in [1.54, 1.807) is 6.07 Å². The zero-order chi connectivity index (χ0) is 15.2. The van der Waals surface area contributed by atoms with Crippen LogP contribution in [0.3, 0.4) is 0 Å². The summed E-state index contributed by atoms with van der Waals surface area (Å²) >= 11 is 12.1. The Labute approximate surface area is 135 Å². The maximum Gasteiger partial charge on any atom is 0.167 e. The minimum Gasteiger partial charge on any atom is -0.319 e. The van der Waals surface area contributed by atoms with Gasteiger partial charge in [-0.2, -0.15) is 0 Å². The molecule has 0 saturated carbocycles. The number of benzene rings is 2. The molecule has 2 nitrogen and oxygen atoms in total. The first kappa shape index (κ1) is 16.0. The standard InChI is InChI=1S/C17H17Cl2NO/c1-20-10-9-12-5-2-3-7-14(12)16(21)11-13-6-4-8-15(18)17(13)19/h2-8,20H,9-11H2,1H3. The van der Waals surface area contributed by atoms with E-state index >= 15 is 0 Å². The fourth-order valence-electron chi connectivity index (χ4n) is 2.22. The Morgan fingerprint density at radius 3 is 2.52 bits per heavy atom. The van der Waals surface area contributed by atoms with Crippen LogP contribution in [0.25, 0.3) is 0 Å². The number of likely N-dealkylation sites (N-methyl/N-ethyl adjacent to an activating group) is 1. The van der Waals surface area contributed by atoms with E-state index in [-0.39, 0.29) is 12.2 Å². The van der Waals surface area contributed by atoms with Gasteiger partial charge in [-0.05, 0) is 37.2 Å². The molecule has 4 heteroatoms. The highest BCUT2D eigenvalue weighted by atomic mass is 35.5. The maximum atomic E-state index is 12.5. The number of carbonyl (C=O) groups is 1. The van der Waals surface area contributed by atoms with E-state index in [9.17, 15) is 4.79 Å². The number of halogens is 2. The lowest BCUT2D eigenvalue weighted by Crippen LogP contribution is -2.14. The SMILES string of the molecule is CNCCc1ccccc1C(=O)Cc1cccc(Cl)c1Cl. The van der Waals surface area contributed by atoms with Crippen molar-refractivity contribution in [2.75, 3.05) is 13.6 Å². The van der Waals surface area contributed by atoms with Crippen molar-refractivity contribution in [3.05, 3.63) is 69.2 Å². The predicted octanol–water partition coefficient (Wildman–Crippen LogP) is 4.18. The van der Waals surface area contributed by atoms with Gasteiger partial charge in [0.25, 0.3) is 0 Å². The summed E-state index contributed by atoms with van der Waals surface area (Å²) in [5.74, 6) is 0.0610. The second-order valence-electron chi connectivity index (χ2n) is 4.82. The lowest BCUT2D eigenvalue weighted by atomic mass is 9.97. The van der Waals surface area contributed by atoms with Crippen LogP contribution in [0.5, 0.6) is 0 Å². The van der Waals surface area contributed by atoms with Crippen molar-refractivity contribution in [3.8, 4) is 0 Å². The molecule has 0 aliphatic heterocycles. The first-order chi connectivity index (χ1) is 10.1. The Morgan fingerprint density at radius 2 is 1.76 bits per heavy atom. The minimum atomic E-state index is 0.0610. The molecule has 0 bridgehead atoms. The number of ketones is 1. The van der Waals surface area contributed by atoms with Gasteiger partial charge in [0, 0.05) is 12.0 Å². The fraction of sp³-hybridized carbons (Fsp3) is 0.235. The van der Waals surface area contributed by atoms with Crippen LogP contribution in [0.4, 0.5) is 0 Å². The third kappa shape index (κ3) is 4.07. The van der Waals surface area contributed by atoms with Gasteiger partial charge in [-0.3, -0.25) is 4.79 Å². The quantitative estimate of drug-likeness (QED) is 0.808. The van der Waals surface area contributed by atoms with E-state index in [0.717, 1.165) is 29.7 Å². The highest BCUT2D eigenvalue weighted by Gasteiger charge is 2.14. The Bertz CT molecular complexity index is 640. The van der Waals surface area contributed by atoms with Crippen molar-refractivity contribution in [1.82, 2.24) is 5.32 Å². The van der Waals surface area contributed by atoms with Gasteiger partial charge in [0.15, 0.2) is 5.78 Å². The Kier molecular flexibility index (Phi) is 5.80. The molecule has 21 heavy (non-hydrogen) atoms. The van der Waals surface area contributed by atoms with Gasteiger partial charge in [-0.15, -0.1) is 0 Å². The molecule has 0 aromatic heterocycles. The molecule has 0 amide bonds. The molecule has 110 valence electrons. The van der Waals surface area contributed by atoms with Crippen LogP contribution in [0.15, 0.2) is 42.5 Å². The predicted molar refractivity (Wildman–Crippen MR) is 88.6 cm³/mol. The Hall–Kier alpha value is -1.35. The number of rotatable bonds is 6. The molecule has 1 N–H and O–H groups in total. The normalized spacial score (nSPS) is 10.6. The summed E-state index contributed by atoms with van der Waals surface area (Å²) in [7, 11) is 1.90. The molecule has 2 aromatic carbocycles. The van der Waals surface area contributed by atoms with E-state index in [2.05, 4.69) is 5.32 Å². The molecule has 0 unspecified atom stereocenters. The Balaban J connectivity index is 2.22. The molecule has 0 aliphatic carbocycles. The molecule has 0 atom stereocenters. The van der Waals surface area contributed by atoms with Crippen molar-refractivity contribution in [2.45, 2.75) is 12.8 Å². The molecule has 0 aliphatic rings. The highest BCUT2D eigenvalue weighted by Crippen LogP contribution is 2.26. The van der Waals surface area contributed by atoms with Gasteiger partial charge < -0.3 is 5.32 Å². The van der Waals surface area contributed by atoms with Gasteiger partial charge in [-0.1, -0.05) is 59.6 Å². The summed E-state index contributed by atoms with van der Waals surface area (Å²) in [6.45, 7) is 0.836. The van der Waals surface area contributed by atoms with Crippen LogP contribution in [-0.4, -0.2) is 19.4 Å². The van der Waals surface area contributed by atoms with E-state index in [1.165, 1.54) is 0 Å². The Morgan fingerprint density at radius 1 is 1.05 bits per heavy atom. The van der Waals surface area contributed by atoms with Crippen molar-refractivity contribution in [3.63, 3.8) is 0 Å². The molecule has 2 rings (SSSR count).